The van der Waals surface area contributed by atoms with Gasteiger partial charge in [0.25, 0.3) is 0 Å². The van der Waals surface area contributed by atoms with Gasteiger partial charge in [-0.15, -0.1) is 0 Å². The minimum Gasteiger partial charge on any atom is -0.475 e. The van der Waals surface area contributed by atoms with E-state index in [4.69, 9.17) is 9.47 Å². The molecule has 0 unspecified atom stereocenters. The second-order valence-corrected chi connectivity index (χ2v) is 5.14. The Hall–Kier alpha value is -2.67. The van der Waals surface area contributed by atoms with E-state index in [1.54, 1.807) is 38.4 Å². The van der Waals surface area contributed by atoms with Crippen LogP contribution in [0.5, 0.6) is 5.88 Å². The molecule has 24 heavy (non-hydrogen) atoms. The number of carbonyl (C=O) groups excluding carboxylic acids is 1. The maximum Gasteiger partial charge on any atom is 0.321 e. The highest BCUT2D eigenvalue weighted by Crippen LogP contribution is 2.13. The van der Waals surface area contributed by atoms with Crippen molar-refractivity contribution in [2.75, 3.05) is 32.7 Å². The number of ether oxygens (including phenoxy) is 2. The number of nitrogens with one attached hydrogen (secondary N) is 1. The largest absolute Gasteiger partial charge is 0.475 e. The van der Waals surface area contributed by atoms with Gasteiger partial charge in [-0.25, -0.2) is 14.2 Å². The number of amides is 2. The molecule has 0 spiro atoms. The second kappa shape index (κ2) is 8.83. The third-order valence-electron chi connectivity index (χ3n) is 3.18. The van der Waals surface area contributed by atoms with Gasteiger partial charge in [0.15, 0.2) is 0 Å². The number of methoxy groups -OCH3 is 1. The van der Waals surface area contributed by atoms with Crippen LogP contribution in [0.3, 0.4) is 0 Å². The van der Waals surface area contributed by atoms with Crippen LogP contribution in [-0.4, -0.2) is 43.3 Å². The quantitative estimate of drug-likeness (QED) is 0.791. The lowest BCUT2D eigenvalue weighted by molar-refractivity contribution is 0.144. The van der Waals surface area contributed by atoms with Crippen molar-refractivity contribution in [2.45, 2.75) is 6.54 Å². The van der Waals surface area contributed by atoms with Gasteiger partial charge in [0.05, 0.1) is 18.5 Å². The van der Waals surface area contributed by atoms with Gasteiger partial charge in [-0.1, -0.05) is 12.1 Å². The number of carbonyl (C=O) groups is 1. The molecule has 1 aromatic heterocycles. The average Bonchev–Trinajstić information content (AvgIpc) is 2.56. The fourth-order valence-corrected chi connectivity index (χ4v) is 1.97. The molecule has 0 saturated carbocycles. The summed E-state index contributed by atoms with van der Waals surface area (Å²) in [5.41, 5.74) is 1.26. The maximum atomic E-state index is 13.2. The Labute approximate surface area is 140 Å². The summed E-state index contributed by atoms with van der Waals surface area (Å²) in [6.45, 7) is 1.19. The Morgan fingerprint density at radius 1 is 1.29 bits per heavy atom. The number of aromatic nitrogens is 1. The lowest BCUT2D eigenvalue weighted by Gasteiger charge is -2.18. The summed E-state index contributed by atoms with van der Waals surface area (Å²) in [6.07, 6.45) is 1.51. The molecule has 128 valence electrons. The monoisotopic (exact) mass is 333 g/mol. The smallest absolute Gasteiger partial charge is 0.321 e. The molecule has 0 aliphatic heterocycles. The Morgan fingerprint density at radius 2 is 2.12 bits per heavy atom. The Morgan fingerprint density at radius 3 is 2.79 bits per heavy atom. The predicted octanol–water partition coefficient (Wildman–Crippen LogP) is 2.91. The second-order valence-electron chi connectivity index (χ2n) is 5.14. The molecule has 0 saturated heterocycles. The van der Waals surface area contributed by atoms with Crippen molar-refractivity contribution < 1.29 is 18.7 Å². The summed E-state index contributed by atoms with van der Waals surface area (Å²) in [5, 5.41) is 2.72. The first-order valence-electron chi connectivity index (χ1n) is 7.43. The number of halogens is 1. The molecule has 0 radical (unpaired) electrons. The van der Waals surface area contributed by atoms with Crippen molar-refractivity contribution in [2.24, 2.45) is 0 Å². The van der Waals surface area contributed by atoms with Crippen LogP contribution in [0.25, 0.3) is 0 Å². The zero-order valence-electron chi connectivity index (χ0n) is 13.7. The molecule has 1 aromatic carbocycles. The SMILES string of the molecule is COCCOc1ccc(NC(=O)N(C)Cc2cccc(F)c2)cn1. The van der Waals surface area contributed by atoms with Crippen molar-refractivity contribution in [3.05, 3.63) is 54.0 Å². The van der Waals surface area contributed by atoms with Gasteiger partial charge >= 0.3 is 6.03 Å². The lowest BCUT2D eigenvalue weighted by atomic mass is 10.2. The molecule has 0 aliphatic carbocycles. The molecule has 2 aromatic rings. The summed E-state index contributed by atoms with van der Waals surface area (Å²) in [5.74, 6) is 0.132. The van der Waals surface area contributed by atoms with E-state index in [9.17, 15) is 9.18 Å². The molecule has 0 atom stereocenters. The molecule has 1 N–H and O–H groups in total. The van der Waals surface area contributed by atoms with Gasteiger partial charge in [0.1, 0.15) is 12.4 Å². The summed E-state index contributed by atoms with van der Waals surface area (Å²) in [4.78, 5) is 17.7. The van der Waals surface area contributed by atoms with E-state index in [2.05, 4.69) is 10.3 Å². The van der Waals surface area contributed by atoms with E-state index < -0.39 is 0 Å². The number of hydrogen-bond donors (Lipinski definition) is 1. The summed E-state index contributed by atoms with van der Waals surface area (Å²) >= 11 is 0. The minimum absolute atomic E-state index is 0.301. The molecule has 1 heterocycles. The molecular weight excluding hydrogens is 313 g/mol. The molecule has 6 nitrogen and oxygen atoms in total. The van der Waals surface area contributed by atoms with Crippen LogP contribution in [-0.2, 0) is 11.3 Å². The topological polar surface area (TPSA) is 63.7 Å². The zero-order valence-corrected chi connectivity index (χ0v) is 13.7. The van der Waals surface area contributed by atoms with Gasteiger partial charge in [-0.2, -0.15) is 0 Å². The van der Waals surface area contributed by atoms with Crippen LogP contribution >= 0.6 is 0 Å². The van der Waals surface area contributed by atoms with Gasteiger partial charge in [0.2, 0.25) is 5.88 Å². The number of anilines is 1. The standard InChI is InChI=1S/C17H20FN3O3/c1-21(12-13-4-3-5-14(18)10-13)17(22)20-15-6-7-16(19-11-15)24-9-8-23-2/h3-7,10-11H,8-9,12H2,1-2H3,(H,20,22). The van der Waals surface area contributed by atoms with Crippen LogP contribution in [0.1, 0.15) is 5.56 Å². The molecule has 2 amide bonds. The van der Waals surface area contributed by atoms with Crippen molar-refractivity contribution >= 4 is 11.7 Å². The van der Waals surface area contributed by atoms with Crippen LogP contribution in [0.15, 0.2) is 42.6 Å². The molecule has 7 heteroatoms. The van der Waals surface area contributed by atoms with E-state index in [-0.39, 0.29) is 11.8 Å². The zero-order chi connectivity index (χ0) is 17.4. The van der Waals surface area contributed by atoms with Gasteiger partial charge in [-0.05, 0) is 23.8 Å². The van der Waals surface area contributed by atoms with Crippen LogP contribution < -0.4 is 10.1 Å². The van der Waals surface area contributed by atoms with E-state index in [0.29, 0.717) is 36.9 Å². The van der Waals surface area contributed by atoms with Crippen LogP contribution in [0.2, 0.25) is 0 Å². The number of pyridine rings is 1. The van der Waals surface area contributed by atoms with E-state index in [0.717, 1.165) is 0 Å². The summed E-state index contributed by atoms with van der Waals surface area (Å²) in [7, 11) is 3.23. The first kappa shape index (κ1) is 17.7. The predicted molar refractivity (Wildman–Crippen MR) is 88.5 cm³/mol. The first-order chi connectivity index (χ1) is 11.6. The third kappa shape index (κ3) is 5.51. The normalized spacial score (nSPS) is 10.3. The number of benzene rings is 1. The van der Waals surface area contributed by atoms with Crippen molar-refractivity contribution in [3.63, 3.8) is 0 Å². The third-order valence-corrected chi connectivity index (χ3v) is 3.18. The summed E-state index contributed by atoms with van der Waals surface area (Å²) in [6, 6.07) is 9.20. The Balaban J connectivity index is 1.86. The van der Waals surface area contributed by atoms with Crippen LogP contribution in [0, 0.1) is 5.82 Å². The van der Waals surface area contributed by atoms with E-state index >= 15 is 0 Å². The van der Waals surface area contributed by atoms with Crippen LogP contribution in [0.4, 0.5) is 14.9 Å². The van der Waals surface area contributed by atoms with E-state index in [1.807, 2.05) is 0 Å². The molecule has 0 fully saturated rings. The van der Waals surface area contributed by atoms with Crippen molar-refractivity contribution in [1.29, 1.82) is 0 Å². The molecule has 2 rings (SSSR count). The lowest BCUT2D eigenvalue weighted by Crippen LogP contribution is -2.30. The minimum atomic E-state index is -0.324. The fraction of sp³-hybridized carbons (Fsp3) is 0.294. The van der Waals surface area contributed by atoms with Crippen molar-refractivity contribution in [3.8, 4) is 5.88 Å². The van der Waals surface area contributed by atoms with Crippen molar-refractivity contribution in [1.82, 2.24) is 9.88 Å². The van der Waals surface area contributed by atoms with Gasteiger partial charge in [0, 0.05) is 26.8 Å². The average molecular weight is 333 g/mol. The van der Waals surface area contributed by atoms with Gasteiger partial charge in [-0.3, -0.25) is 0 Å². The fourth-order valence-electron chi connectivity index (χ4n) is 1.97. The number of rotatable bonds is 7. The highest BCUT2D eigenvalue weighted by molar-refractivity contribution is 5.88. The first-order valence-corrected chi connectivity index (χ1v) is 7.43. The molecular formula is C17H20FN3O3. The number of hydrogen-bond acceptors (Lipinski definition) is 4. The molecule has 0 aliphatic rings. The number of urea groups is 1. The van der Waals surface area contributed by atoms with E-state index in [1.165, 1.54) is 23.2 Å². The Bertz CT molecular complexity index is 664. The summed E-state index contributed by atoms with van der Waals surface area (Å²) < 4.78 is 23.4. The maximum absolute atomic E-state index is 13.2. The highest BCUT2D eigenvalue weighted by atomic mass is 19.1. The van der Waals surface area contributed by atoms with Gasteiger partial charge < -0.3 is 19.7 Å². The number of nitrogens with zero attached hydrogens (tertiary/aromatic N) is 2. The molecule has 0 bridgehead atoms. The highest BCUT2D eigenvalue weighted by Gasteiger charge is 2.10. The Kier molecular flexibility index (Phi) is 6.51.